The quantitative estimate of drug-likeness (QED) is 0.884. The van der Waals surface area contributed by atoms with Gasteiger partial charge in [-0.05, 0) is 48.5 Å². The van der Waals surface area contributed by atoms with Gasteiger partial charge >= 0.3 is 5.97 Å². The van der Waals surface area contributed by atoms with Gasteiger partial charge in [-0.1, -0.05) is 26.8 Å². The molecule has 6 heteroatoms. The van der Waals surface area contributed by atoms with E-state index in [4.69, 9.17) is 4.74 Å². The molecule has 24 heavy (non-hydrogen) atoms. The van der Waals surface area contributed by atoms with Crippen LogP contribution in [0.2, 0.25) is 0 Å². The van der Waals surface area contributed by atoms with Crippen molar-refractivity contribution in [1.82, 2.24) is 4.90 Å². The van der Waals surface area contributed by atoms with Gasteiger partial charge in [-0.3, -0.25) is 9.69 Å². The van der Waals surface area contributed by atoms with Crippen molar-refractivity contribution >= 4 is 23.2 Å². The molecule has 1 atom stereocenters. The van der Waals surface area contributed by atoms with Gasteiger partial charge in [-0.25, -0.2) is 4.79 Å². The van der Waals surface area contributed by atoms with E-state index >= 15 is 0 Å². The molecule has 1 aromatic heterocycles. The Hall–Kier alpha value is -1.40. The van der Waals surface area contributed by atoms with Gasteiger partial charge in [0.2, 0.25) is 0 Å². The first-order chi connectivity index (χ1) is 11.2. The van der Waals surface area contributed by atoms with Crippen LogP contribution in [0.15, 0.2) is 17.5 Å². The summed E-state index contributed by atoms with van der Waals surface area (Å²) in [4.78, 5) is 26.7. The number of carbonyl (C=O) groups excluding carboxylic acids is 1. The number of ether oxygens (including phenoxy) is 1. The second kappa shape index (κ2) is 6.15. The molecule has 0 unspecified atom stereocenters. The van der Waals surface area contributed by atoms with E-state index in [1.54, 1.807) is 6.07 Å². The van der Waals surface area contributed by atoms with Gasteiger partial charge < -0.3 is 9.84 Å². The molecule has 1 aliphatic heterocycles. The van der Waals surface area contributed by atoms with Crippen LogP contribution in [0.4, 0.5) is 0 Å². The first kappa shape index (κ1) is 17.4. The number of amides is 1. The maximum absolute atomic E-state index is 13.0. The third-order valence-corrected chi connectivity index (χ3v) is 6.35. The van der Waals surface area contributed by atoms with Crippen molar-refractivity contribution in [2.45, 2.75) is 58.2 Å². The molecule has 2 heterocycles. The topological polar surface area (TPSA) is 66.8 Å². The number of thiophene rings is 1. The zero-order chi connectivity index (χ0) is 17.5. The lowest BCUT2D eigenvalue weighted by Crippen LogP contribution is -2.55. The zero-order valence-corrected chi connectivity index (χ0v) is 15.3. The van der Waals surface area contributed by atoms with Crippen molar-refractivity contribution < 1.29 is 19.4 Å². The van der Waals surface area contributed by atoms with Gasteiger partial charge in [-0.15, -0.1) is 11.3 Å². The molecule has 1 N–H and O–H groups in total. The smallest absolute Gasteiger partial charge is 0.328 e. The van der Waals surface area contributed by atoms with Crippen LogP contribution in [0.25, 0.3) is 0 Å². The average molecular weight is 351 g/mol. The summed E-state index contributed by atoms with van der Waals surface area (Å²) in [5, 5.41) is 11.4. The second-order valence-electron chi connectivity index (χ2n) is 7.90. The molecule has 1 aromatic rings. The van der Waals surface area contributed by atoms with Gasteiger partial charge in [0.15, 0.2) is 6.04 Å². The van der Waals surface area contributed by atoms with Crippen LogP contribution in [0.1, 0.15) is 56.1 Å². The van der Waals surface area contributed by atoms with E-state index in [1.165, 1.54) is 16.2 Å². The van der Waals surface area contributed by atoms with E-state index in [0.717, 1.165) is 12.8 Å². The molecule has 3 rings (SSSR count). The van der Waals surface area contributed by atoms with E-state index in [9.17, 15) is 14.7 Å². The van der Waals surface area contributed by atoms with Gasteiger partial charge in [0, 0.05) is 0 Å². The van der Waals surface area contributed by atoms with Crippen molar-refractivity contribution in [2.24, 2.45) is 11.3 Å². The number of nitrogens with zero attached hydrogens (tertiary/aromatic N) is 1. The van der Waals surface area contributed by atoms with Crippen molar-refractivity contribution in [2.75, 3.05) is 6.61 Å². The molecule has 0 aromatic carbocycles. The third kappa shape index (κ3) is 2.97. The Kier molecular flexibility index (Phi) is 4.47. The maximum Gasteiger partial charge on any atom is 0.328 e. The molecule has 2 fully saturated rings. The van der Waals surface area contributed by atoms with Crippen molar-refractivity contribution in [3.63, 3.8) is 0 Å². The second-order valence-corrected chi connectivity index (χ2v) is 8.85. The van der Waals surface area contributed by atoms with Crippen LogP contribution in [0.3, 0.4) is 0 Å². The van der Waals surface area contributed by atoms with Crippen LogP contribution in [0.5, 0.6) is 0 Å². The number of aliphatic carboxylic acids is 1. The van der Waals surface area contributed by atoms with Gasteiger partial charge in [0.05, 0.1) is 11.5 Å². The first-order valence-electron chi connectivity index (χ1n) is 8.48. The van der Waals surface area contributed by atoms with E-state index < -0.39 is 17.7 Å². The summed E-state index contributed by atoms with van der Waals surface area (Å²) in [6, 6.07) is 2.66. The van der Waals surface area contributed by atoms with E-state index in [0.29, 0.717) is 23.6 Å². The minimum absolute atomic E-state index is 0.0760. The number of carboxylic acids is 1. The zero-order valence-electron chi connectivity index (χ0n) is 14.4. The summed E-state index contributed by atoms with van der Waals surface area (Å²) >= 11 is 1.34. The third-order valence-electron chi connectivity index (χ3n) is 5.49. The Morgan fingerprint density at radius 1 is 1.33 bits per heavy atom. The van der Waals surface area contributed by atoms with Crippen LogP contribution in [0, 0.1) is 11.3 Å². The van der Waals surface area contributed by atoms with Crippen molar-refractivity contribution in [1.29, 1.82) is 0 Å². The molecule has 5 nitrogen and oxygen atoms in total. The summed E-state index contributed by atoms with van der Waals surface area (Å²) in [5.41, 5.74) is -0.541. The van der Waals surface area contributed by atoms with Crippen LogP contribution in [-0.2, 0) is 9.53 Å². The Balaban J connectivity index is 1.87. The Morgan fingerprint density at radius 2 is 2.00 bits per heavy atom. The Labute approximate surface area is 146 Å². The summed E-state index contributed by atoms with van der Waals surface area (Å²) in [7, 11) is 0. The molecule has 1 aliphatic carbocycles. The number of hydrogen-bond donors (Lipinski definition) is 1. The number of rotatable bonds is 2. The Morgan fingerprint density at radius 3 is 2.50 bits per heavy atom. The highest BCUT2D eigenvalue weighted by atomic mass is 32.1. The summed E-state index contributed by atoms with van der Waals surface area (Å²) in [6.45, 7) is 6.78. The monoisotopic (exact) mass is 351 g/mol. The molecule has 1 saturated carbocycles. The standard InChI is InChI=1S/C18H25NO4S/c1-17(2,3)12-6-8-18(9-7-12)19(13(11-23-18)16(21)22)15(20)14-5-4-10-24-14/h4-5,10,12-13H,6-9,11H2,1-3H3,(H,21,22)/t12?,13-,18?/m1/s1. The van der Waals surface area contributed by atoms with Crippen molar-refractivity contribution in [3.05, 3.63) is 22.4 Å². The number of hydrogen-bond acceptors (Lipinski definition) is 4. The number of carboxylic acid groups (broad SMARTS) is 1. The largest absolute Gasteiger partial charge is 0.480 e. The predicted octanol–water partition coefficient (Wildman–Crippen LogP) is 3.61. The average Bonchev–Trinajstić information content (AvgIpc) is 3.14. The summed E-state index contributed by atoms with van der Waals surface area (Å²) in [6.07, 6.45) is 3.31. The lowest BCUT2D eigenvalue weighted by atomic mass is 9.70. The van der Waals surface area contributed by atoms with Crippen LogP contribution >= 0.6 is 11.3 Å². The van der Waals surface area contributed by atoms with Gasteiger partial charge in [-0.2, -0.15) is 0 Å². The molecule has 1 saturated heterocycles. The fourth-order valence-electron chi connectivity index (χ4n) is 4.01. The van der Waals surface area contributed by atoms with E-state index in [1.807, 2.05) is 11.4 Å². The number of carbonyl (C=O) groups is 2. The normalized spacial score (nSPS) is 30.7. The van der Waals surface area contributed by atoms with Crippen LogP contribution < -0.4 is 0 Å². The van der Waals surface area contributed by atoms with Crippen molar-refractivity contribution in [3.8, 4) is 0 Å². The lowest BCUT2D eigenvalue weighted by molar-refractivity contribution is -0.144. The first-order valence-corrected chi connectivity index (χ1v) is 9.36. The SMILES string of the molecule is CC(C)(C)C1CCC2(CC1)OC[C@H](C(=O)O)N2C(=O)c1cccs1. The highest BCUT2D eigenvalue weighted by Crippen LogP contribution is 2.47. The molecular formula is C18H25NO4S. The molecular weight excluding hydrogens is 326 g/mol. The van der Waals surface area contributed by atoms with Gasteiger partial charge in [0.1, 0.15) is 5.72 Å². The predicted molar refractivity (Wildman–Crippen MR) is 92.0 cm³/mol. The molecule has 0 radical (unpaired) electrons. The highest BCUT2D eigenvalue weighted by molar-refractivity contribution is 7.12. The van der Waals surface area contributed by atoms with E-state index in [2.05, 4.69) is 20.8 Å². The van der Waals surface area contributed by atoms with Gasteiger partial charge in [0.25, 0.3) is 5.91 Å². The summed E-state index contributed by atoms with van der Waals surface area (Å²) < 4.78 is 5.98. The lowest BCUT2D eigenvalue weighted by Gasteiger charge is -2.45. The molecule has 2 aliphatic rings. The Bertz CT molecular complexity index is 611. The molecule has 132 valence electrons. The molecule has 1 spiro atoms. The highest BCUT2D eigenvalue weighted by Gasteiger charge is 2.54. The maximum atomic E-state index is 13.0. The molecule has 1 amide bonds. The minimum Gasteiger partial charge on any atom is -0.480 e. The van der Waals surface area contributed by atoms with E-state index in [-0.39, 0.29) is 17.9 Å². The summed E-state index contributed by atoms with van der Waals surface area (Å²) in [5.74, 6) is -0.645. The van der Waals surface area contributed by atoms with Crippen LogP contribution in [-0.4, -0.2) is 40.3 Å². The minimum atomic E-state index is -0.991. The molecule has 0 bridgehead atoms. The fourth-order valence-corrected chi connectivity index (χ4v) is 4.67. The fraction of sp³-hybridized carbons (Fsp3) is 0.667.